The topological polar surface area (TPSA) is 43.4 Å². The number of fused-ring (bicyclic) bond motifs is 1. The third kappa shape index (κ3) is 3.18. The summed E-state index contributed by atoms with van der Waals surface area (Å²) >= 11 is 0. The van der Waals surface area contributed by atoms with Crippen molar-refractivity contribution >= 4 is 30.8 Å². The van der Waals surface area contributed by atoms with Gasteiger partial charge in [0.2, 0.25) is 0 Å². The van der Waals surface area contributed by atoms with Gasteiger partial charge < -0.3 is 4.74 Å². The molecule has 0 saturated heterocycles. The van der Waals surface area contributed by atoms with E-state index in [0.29, 0.717) is 5.56 Å². The number of hydrogen-bond acceptors (Lipinski definition) is 3. The number of rotatable bonds is 4. The van der Waals surface area contributed by atoms with Gasteiger partial charge in [-0.3, -0.25) is 4.79 Å². The molecule has 0 bridgehead atoms. The van der Waals surface area contributed by atoms with Crippen molar-refractivity contribution in [2.24, 2.45) is 0 Å². The van der Waals surface area contributed by atoms with E-state index in [0.717, 1.165) is 10.8 Å². The predicted octanol–water partition coefficient (Wildman–Crippen LogP) is 3.78. The molecule has 1 unspecified atom stereocenters. The summed E-state index contributed by atoms with van der Waals surface area (Å²) in [6.07, 6.45) is 0. The summed E-state index contributed by atoms with van der Waals surface area (Å²) in [5.41, 5.74) is 1.42. The summed E-state index contributed by atoms with van der Waals surface area (Å²) in [5, 5.41) is 2.15. The van der Waals surface area contributed by atoms with Gasteiger partial charge in [-0.2, -0.15) is 0 Å². The van der Waals surface area contributed by atoms with Gasteiger partial charge in [0.1, 0.15) is 0 Å². The molecule has 98 valence electrons. The number of carbonyl (C=O) groups is 2. The summed E-state index contributed by atoms with van der Waals surface area (Å²) in [7, 11) is 0.0582. The lowest BCUT2D eigenvalue weighted by molar-refractivity contribution is 0.0877. The normalized spacial score (nSPS) is 11.1. The standard InChI is InChI=1S/C15H15O3P/c1-10-4-3-5-11-8-12(6-7-13(10)11)14(16)9-18-15(17)19-2/h3-8,19H,9H2,1-2H3. The summed E-state index contributed by atoms with van der Waals surface area (Å²) < 4.78 is 4.87. The van der Waals surface area contributed by atoms with Crippen molar-refractivity contribution in [1.82, 2.24) is 0 Å². The highest BCUT2D eigenvalue weighted by Crippen LogP contribution is 2.20. The average molecular weight is 274 g/mol. The highest BCUT2D eigenvalue weighted by atomic mass is 31.1. The first kappa shape index (κ1) is 13.7. The molecule has 0 aromatic heterocycles. The average Bonchev–Trinajstić information content (AvgIpc) is 2.44. The number of ether oxygens (including phenoxy) is 1. The van der Waals surface area contributed by atoms with Crippen molar-refractivity contribution in [3.8, 4) is 0 Å². The van der Waals surface area contributed by atoms with Gasteiger partial charge >= 0.3 is 5.71 Å². The molecule has 19 heavy (non-hydrogen) atoms. The summed E-state index contributed by atoms with van der Waals surface area (Å²) in [4.78, 5) is 23.0. The quantitative estimate of drug-likeness (QED) is 0.629. The number of ketones is 1. The van der Waals surface area contributed by atoms with Crippen LogP contribution in [0.3, 0.4) is 0 Å². The molecule has 4 heteroatoms. The van der Waals surface area contributed by atoms with E-state index in [1.807, 2.05) is 37.3 Å². The van der Waals surface area contributed by atoms with Gasteiger partial charge in [-0.1, -0.05) is 30.3 Å². The maximum absolute atomic E-state index is 11.9. The molecule has 0 aliphatic carbocycles. The predicted molar refractivity (Wildman–Crippen MR) is 78.6 cm³/mol. The van der Waals surface area contributed by atoms with Gasteiger partial charge in [0.05, 0.1) is 0 Å². The molecular weight excluding hydrogens is 259 g/mol. The van der Waals surface area contributed by atoms with Crippen LogP contribution in [0, 0.1) is 6.92 Å². The molecule has 2 aromatic rings. The molecule has 0 fully saturated rings. The number of Topliss-reactive ketones (excluding diaryl/α,β-unsaturated/α-hetero) is 1. The molecule has 0 heterocycles. The molecule has 1 atom stereocenters. The van der Waals surface area contributed by atoms with Crippen LogP contribution in [0.2, 0.25) is 0 Å². The van der Waals surface area contributed by atoms with Crippen LogP contribution >= 0.6 is 8.58 Å². The van der Waals surface area contributed by atoms with Crippen LogP contribution in [0.15, 0.2) is 36.4 Å². The Labute approximate surface area is 113 Å². The van der Waals surface area contributed by atoms with Crippen LogP contribution in [0.25, 0.3) is 10.8 Å². The van der Waals surface area contributed by atoms with Crippen molar-refractivity contribution in [1.29, 1.82) is 0 Å². The van der Waals surface area contributed by atoms with E-state index in [1.165, 1.54) is 5.56 Å². The van der Waals surface area contributed by atoms with Crippen molar-refractivity contribution in [3.63, 3.8) is 0 Å². The Kier molecular flexibility index (Phi) is 4.28. The highest BCUT2D eigenvalue weighted by Gasteiger charge is 2.09. The zero-order chi connectivity index (χ0) is 13.8. The Morgan fingerprint density at radius 2 is 2.00 bits per heavy atom. The summed E-state index contributed by atoms with van der Waals surface area (Å²) in [5.74, 6) is -0.171. The molecule has 0 saturated carbocycles. The first-order valence-corrected chi connectivity index (χ1v) is 7.49. The van der Waals surface area contributed by atoms with Crippen molar-refractivity contribution in [2.75, 3.05) is 13.3 Å². The molecule has 0 radical (unpaired) electrons. The Balaban J connectivity index is 2.21. The Bertz CT molecular complexity index is 634. The van der Waals surface area contributed by atoms with E-state index in [-0.39, 0.29) is 26.7 Å². The lowest BCUT2D eigenvalue weighted by Crippen LogP contribution is -2.10. The van der Waals surface area contributed by atoms with Gasteiger partial charge in [0.25, 0.3) is 0 Å². The Morgan fingerprint density at radius 3 is 2.74 bits per heavy atom. The van der Waals surface area contributed by atoms with E-state index in [9.17, 15) is 9.59 Å². The monoisotopic (exact) mass is 274 g/mol. The molecule has 2 rings (SSSR count). The lowest BCUT2D eigenvalue weighted by atomic mass is 10.0. The molecule has 0 aliphatic rings. The fraction of sp³-hybridized carbons (Fsp3) is 0.200. The lowest BCUT2D eigenvalue weighted by Gasteiger charge is -2.06. The van der Waals surface area contributed by atoms with Crippen molar-refractivity contribution in [3.05, 3.63) is 47.5 Å². The Morgan fingerprint density at radius 1 is 1.21 bits per heavy atom. The summed E-state index contributed by atoms with van der Waals surface area (Å²) in [6, 6.07) is 11.5. The maximum atomic E-state index is 11.9. The summed E-state index contributed by atoms with van der Waals surface area (Å²) in [6.45, 7) is 3.58. The van der Waals surface area contributed by atoms with Gasteiger partial charge in [-0.05, 0) is 44.6 Å². The second kappa shape index (κ2) is 5.94. The van der Waals surface area contributed by atoms with Crippen LogP contribution in [-0.4, -0.2) is 24.8 Å². The fourth-order valence-corrected chi connectivity index (χ4v) is 2.12. The van der Waals surface area contributed by atoms with E-state index in [4.69, 9.17) is 4.74 Å². The van der Waals surface area contributed by atoms with Crippen molar-refractivity contribution < 1.29 is 14.3 Å². The molecule has 0 N–H and O–H groups in total. The highest BCUT2D eigenvalue weighted by molar-refractivity contribution is 7.56. The zero-order valence-electron chi connectivity index (χ0n) is 10.9. The smallest absolute Gasteiger partial charge is 0.323 e. The number of hydrogen-bond donors (Lipinski definition) is 0. The largest absolute Gasteiger partial charge is 0.454 e. The Hall–Kier alpha value is -1.73. The van der Waals surface area contributed by atoms with Gasteiger partial charge in [0.15, 0.2) is 12.4 Å². The van der Waals surface area contributed by atoms with Crippen LogP contribution in [0.1, 0.15) is 15.9 Å². The first-order valence-electron chi connectivity index (χ1n) is 5.99. The third-order valence-corrected chi connectivity index (χ3v) is 3.51. The number of carbonyl (C=O) groups excluding carboxylic acids is 2. The van der Waals surface area contributed by atoms with Crippen molar-refractivity contribution in [2.45, 2.75) is 6.92 Å². The minimum atomic E-state index is -0.329. The second-order valence-corrected chi connectivity index (χ2v) is 5.17. The number of aryl methyl sites for hydroxylation is 1. The molecule has 3 nitrogen and oxygen atoms in total. The third-order valence-electron chi connectivity index (χ3n) is 2.96. The van der Waals surface area contributed by atoms with Gasteiger partial charge in [0, 0.05) is 5.56 Å². The van der Waals surface area contributed by atoms with E-state index in [1.54, 1.807) is 12.7 Å². The SMILES string of the molecule is CPC(=O)OCC(=O)c1ccc2c(C)cccc2c1. The minimum Gasteiger partial charge on any atom is -0.454 e. The molecule has 2 aromatic carbocycles. The van der Waals surface area contributed by atoms with Gasteiger partial charge in [-0.25, -0.2) is 4.79 Å². The molecule has 0 amide bonds. The van der Waals surface area contributed by atoms with Crippen LogP contribution in [0.5, 0.6) is 0 Å². The molecule has 0 aliphatic heterocycles. The van der Waals surface area contributed by atoms with Gasteiger partial charge in [-0.15, -0.1) is 0 Å². The van der Waals surface area contributed by atoms with E-state index in [2.05, 4.69) is 0 Å². The number of benzene rings is 2. The fourth-order valence-electron chi connectivity index (χ4n) is 1.91. The molecular formula is C15H15O3P. The van der Waals surface area contributed by atoms with Crippen LogP contribution < -0.4 is 0 Å². The minimum absolute atomic E-state index is 0.0582. The van der Waals surface area contributed by atoms with Crippen LogP contribution in [0.4, 0.5) is 4.79 Å². The second-order valence-electron chi connectivity index (χ2n) is 4.26. The van der Waals surface area contributed by atoms with E-state index < -0.39 is 0 Å². The van der Waals surface area contributed by atoms with Crippen LogP contribution in [-0.2, 0) is 4.74 Å². The zero-order valence-corrected chi connectivity index (χ0v) is 11.9. The molecule has 0 spiro atoms. The van der Waals surface area contributed by atoms with E-state index >= 15 is 0 Å². The first-order chi connectivity index (χ1) is 9.11. The maximum Gasteiger partial charge on any atom is 0.323 e.